The highest BCUT2D eigenvalue weighted by atomic mass is 16.3. The van der Waals surface area contributed by atoms with Crippen molar-refractivity contribution in [3.05, 3.63) is 185 Å². The molecule has 6 aliphatic rings. The van der Waals surface area contributed by atoms with Crippen LogP contribution in [-0.2, 0) is 5.41 Å². The lowest BCUT2D eigenvalue weighted by Crippen LogP contribution is -2.18. The molecule has 3 atom stereocenters. The summed E-state index contributed by atoms with van der Waals surface area (Å²) in [5.74, 6) is 1.06. The number of furan rings is 1. The van der Waals surface area contributed by atoms with Crippen LogP contribution >= 0.6 is 0 Å². The largest absolute Gasteiger partial charge is 0.456 e. The van der Waals surface area contributed by atoms with Crippen LogP contribution in [0.5, 0.6) is 0 Å². The minimum atomic E-state index is -0.186. The van der Waals surface area contributed by atoms with Gasteiger partial charge < -0.3 is 9.32 Å². The second kappa shape index (κ2) is 9.68. The van der Waals surface area contributed by atoms with E-state index in [1.54, 1.807) is 0 Å². The summed E-state index contributed by atoms with van der Waals surface area (Å²) in [5.41, 5.74) is 21.1. The third-order valence-corrected chi connectivity index (χ3v) is 12.7. The van der Waals surface area contributed by atoms with Crippen molar-refractivity contribution in [2.24, 2.45) is 11.8 Å². The van der Waals surface area contributed by atoms with Crippen LogP contribution < -0.4 is 4.90 Å². The number of rotatable bonds is 2. The number of fused-ring (bicyclic) bond motifs is 14. The van der Waals surface area contributed by atoms with Gasteiger partial charge in [0.15, 0.2) is 0 Å². The number of allylic oxidation sites excluding steroid dienone is 12. The number of benzene rings is 5. The molecule has 2 heteroatoms. The molecule has 0 saturated heterocycles. The van der Waals surface area contributed by atoms with E-state index in [1.165, 1.54) is 89.1 Å². The zero-order valence-corrected chi connectivity index (χ0v) is 28.7. The van der Waals surface area contributed by atoms with E-state index >= 15 is 0 Å². The van der Waals surface area contributed by atoms with Crippen LogP contribution in [-0.4, -0.2) is 0 Å². The maximum absolute atomic E-state index is 6.39. The number of hydrogen-bond acceptors (Lipinski definition) is 2. The first-order valence-corrected chi connectivity index (χ1v) is 18.4. The normalized spacial score (nSPS) is 22.5. The SMILES string of the molecule is CC1(C)c2c(ccc3c2C2CC=CC=C2N3c2ccc(C3=CC=C4c5ccccc5C5=CC=CC3C54)cc2)-c2ccc3oc4ccccc4c3c21. The van der Waals surface area contributed by atoms with Crippen molar-refractivity contribution in [3.8, 4) is 11.1 Å². The number of para-hydroxylation sites is 1. The van der Waals surface area contributed by atoms with Crippen molar-refractivity contribution < 1.29 is 4.42 Å². The molecule has 0 saturated carbocycles. The number of nitrogens with zero attached hydrogens (tertiary/aromatic N) is 1. The average molecular weight is 654 g/mol. The summed E-state index contributed by atoms with van der Waals surface area (Å²) in [6.45, 7) is 4.86. The highest BCUT2D eigenvalue weighted by molar-refractivity contribution is 6.11. The van der Waals surface area contributed by atoms with Crippen molar-refractivity contribution in [1.29, 1.82) is 0 Å². The molecule has 242 valence electrons. The number of anilines is 2. The van der Waals surface area contributed by atoms with Gasteiger partial charge in [-0.1, -0.05) is 123 Å². The predicted octanol–water partition coefficient (Wildman–Crippen LogP) is 12.7. The Morgan fingerprint density at radius 3 is 2.25 bits per heavy atom. The molecular weight excluding hydrogens is 619 g/mol. The first-order valence-electron chi connectivity index (χ1n) is 18.4. The van der Waals surface area contributed by atoms with Gasteiger partial charge in [0.05, 0.1) is 5.69 Å². The van der Waals surface area contributed by atoms with Gasteiger partial charge in [-0.15, -0.1) is 0 Å². The fourth-order valence-electron chi connectivity index (χ4n) is 10.7. The third kappa shape index (κ3) is 3.48. The molecule has 2 heterocycles. The van der Waals surface area contributed by atoms with Gasteiger partial charge in [-0.2, -0.15) is 0 Å². The quantitative estimate of drug-likeness (QED) is 0.185. The van der Waals surface area contributed by atoms with Crippen molar-refractivity contribution in [2.75, 3.05) is 4.90 Å². The smallest absolute Gasteiger partial charge is 0.135 e. The first-order chi connectivity index (χ1) is 25.1. The van der Waals surface area contributed by atoms with Crippen LogP contribution in [0.15, 0.2) is 156 Å². The Morgan fingerprint density at radius 2 is 1.39 bits per heavy atom. The molecule has 1 aliphatic heterocycles. The first kappa shape index (κ1) is 27.9. The predicted molar refractivity (Wildman–Crippen MR) is 211 cm³/mol. The van der Waals surface area contributed by atoms with Crippen molar-refractivity contribution >= 4 is 50.0 Å². The fourth-order valence-corrected chi connectivity index (χ4v) is 10.7. The van der Waals surface area contributed by atoms with E-state index in [-0.39, 0.29) is 5.41 Å². The van der Waals surface area contributed by atoms with Crippen LogP contribution in [0.4, 0.5) is 11.4 Å². The highest BCUT2D eigenvalue weighted by Gasteiger charge is 2.46. The number of hydrogen-bond donors (Lipinski definition) is 0. The van der Waals surface area contributed by atoms with E-state index in [2.05, 4.69) is 164 Å². The van der Waals surface area contributed by atoms with E-state index in [0.717, 1.165) is 17.6 Å². The Kier molecular flexibility index (Phi) is 5.29. The summed E-state index contributed by atoms with van der Waals surface area (Å²) in [6.07, 6.45) is 19.7. The Labute approximate surface area is 297 Å². The molecule has 0 radical (unpaired) electrons. The molecule has 3 unspecified atom stereocenters. The zero-order valence-electron chi connectivity index (χ0n) is 28.7. The standard InChI is InChI=1S/C49H35NO/c1-49(2)47-36(37-25-27-43-46(48(37)49)39-13-6-8-17-42(39)51-43)24-26-41-45(47)38-12-5-7-16-40(38)50(41)29-20-18-28(19-21-29)30-22-23-35-32-11-4-3-10-31(32)34-15-9-14-33(30)44(34)35/h3-11,13-27,33,38,44H,12H2,1-2H3. The average Bonchev–Trinajstić information content (AvgIpc) is 3.88. The zero-order chi connectivity index (χ0) is 33.6. The molecule has 51 heavy (non-hydrogen) atoms. The summed E-state index contributed by atoms with van der Waals surface area (Å²) in [5, 5.41) is 2.47. The van der Waals surface area contributed by atoms with Gasteiger partial charge in [0.25, 0.3) is 0 Å². The van der Waals surface area contributed by atoms with Crippen molar-refractivity contribution in [3.63, 3.8) is 0 Å². The van der Waals surface area contributed by atoms with Gasteiger partial charge in [-0.25, -0.2) is 0 Å². The Morgan fingerprint density at radius 1 is 0.647 bits per heavy atom. The van der Waals surface area contributed by atoms with Crippen LogP contribution in [0.2, 0.25) is 0 Å². The summed E-state index contributed by atoms with van der Waals surface area (Å²) in [6, 6.07) is 36.1. The van der Waals surface area contributed by atoms with E-state index < -0.39 is 0 Å². The highest BCUT2D eigenvalue weighted by Crippen LogP contribution is 2.61. The fraction of sp³-hybridized carbons (Fsp3) is 0.143. The topological polar surface area (TPSA) is 16.4 Å². The molecule has 0 bridgehead atoms. The van der Waals surface area contributed by atoms with Gasteiger partial charge in [-0.3, -0.25) is 0 Å². The minimum Gasteiger partial charge on any atom is -0.456 e. The van der Waals surface area contributed by atoms with Crippen molar-refractivity contribution in [2.45, 2.75) is 31.6 Å². The lowest BCUT2D eigenvalue weighted by atomic mass is 9.72. The molecule has 5 aromatic carbocycles. The molecule has 1 aromatic heterocycles. The van der Waals surface area contributed by atoms with Crippen molar-refractivity contribution in [1.82, 2.24) is 0 Å². The van der Waals surface area contributed by atoms with Crippen LogP contribution in [0, 0.1) is 11.8 Å². The van der Waals surface area contributed by atoms with Gasteiger partial charge in [0.1, 0.15) is 11.2 Å². The summed E-state index contributed by atoms with van der Waals surface area (Å²) in [4.78, 5) is 2.54. The molecule has 0 spiro atoms. The van der Waals surface area contributed by atoms with E-state index in [0.29, 0.717) is 17.8 Å². The van der Waals surface area contributed by atoms with Gasteiger partial charge in [0, 0.05) is 45.3 Å². The lowest BCUT2D eigenvalue weighted by molar-refractivity contribution is 0.645. The minimum absolute atomic E-state index is 0.186. The molecule has 2 nitrogen and oxygen atoms in total. The summed E-state index contributed by atoms with van der Waals surface area (Å²) >= 11 is 0. The van der Waals surface area contributed by atoms with Crippen LogP contribution in [0.1, 0.15) is 59.6 Å². The second-order valence-corrected chi connectivity index (χ2v) is 15.5. The maximum atomic E-state index is 6.39. The summed E-state index contributed by atoms with van der Waals surface area (Å²) < 4.78 is 6.39. The monoisotopic (exact) mass is 653 g/mol. The third-order valence-electron chi connectivity index (χ3n) is 12.7. The summed E-state index contributed by atoms with van der Waals surface area (Å²) in [7, 11) is 0. The molecular formula is C49H35NO. The Balaban J connectivity index is 0.973. The molecule has 5 aliphatic carbocycles. The van der Waals surface area contributed by atoms with E-state index in [4.69, 9.17) is 4.42 Å². The van der Waals surface area contributed by atoms with Gasteiger partial charge in [0.2, 0.25) is 0 Å². The van der Waals surface area contributed by atoms with Gasteiger partial charge >= 0.3 is 0 Å². The van der Waals surface area contributed by atoms with E-state index in [1.807, 2.05) is 0 Å². The molecule has 12 rings (SSSR count). The van der Waals surface area contributed by atoms with E-state index in [9.17, 15) is 0 Å². The molecule has 0 N–H and O–H groups in total. The molecule has 0 fully saturated rings. The molecule has 0 amide bonds. The Bertz CT molecular complexity index is 2760. The maximum Gasteiger partial charge on any atom is 0.135 e. The van der Waals surface area contributed by atoms with Crippen LogP contribution in [0.3, 0.4) is 0 Å². The van der Waals surface area contributed by atoms with Crippen LogP contribution in [0.25, 0.3) is 49.8 Å². The molecule has 6 aromatic rings. The Hall–Kier alpha value is -5.86. The van der Waals surface area contributed by atoms with Gasteiger partial charge in [-0.05, 0) is 104 Å². The second-order valence-electron chi connectivity index (χ2n) is 15.5. The lowest BCUT2D eigenvalue weighted by Gasteiger charge is -2.32.